The molecule has 0 radical (unpaired) electrons. The fourth-order valence-corrected chi connectivity index (χ4v) is 0.677. The van der Waals surface area contributed by atoms with Crippen LogP contribution in [0.2, 0.25) is 0 Å². The molecule has 0 aliphatic carbocycles. The molecular weight excluding hydrogens is 122 g/mol. The molecular formula is C9H23N. The van der Waals surface area contributed by atoms with E-state index in [9.17, 15) is 0 Å². The molecule has 0 saturated heterocycles. The topological polar surface area (TPSA) is 26.0 Å². The van der Waals surface area contributed by atoms with Crippen LogP contribution in [0.3, 0.4) is 0 Å². The summed E-state index contributed by atoms with van der Waals surface area (Å²) in [5, 5.41) is 0. The van der Waals surface area contributed by atoms with E-state index in [0.29, 0.717) is 0 Å². The minimum atomic E-state index is 0.750. The lowest BCUT2D eigenvalue weighted by molar-refractivity contribution is 0.656. The molecule has 1 nitrogen and oxygen atoms in total. The zero-order chi connectivity index (χ0) is 8.24. The Kier molecular flexibility index (Phi) is 20.2. The maximum Gasteiger partial charge on any atom is -0.0106 e. The van der Waals surface area contributed by atoms with E-state index in [1.54, 1.807) is 0 Å². The van der Waals surface area contributed by atoms with Crippen LogP contribution in [0.25, 0.3) is 0 Å². The van der Waals surface area contributed by atoms with Gasteiger partial charge in [-0.3, -0.25) is 0 Å². The summed E-state index contributed by atoms with van der Waals surface area (Å²) in [5.74, 6) is 0. The van der Waals surface area contributed by atoms with Gasteiger partial charge in [-0.2, -0.15) is 0 Å². The van der Waals surface area contributed by atoms with Crippen molar-refractivity contribution in [2.24, 2.45) is 5.73 Å². The molecule has 2 N–H and O–H groups in total. The molecule has 10 heavy (non-hydrogen) atoms. The van der Waals surface area contributed by atoms with Gasteiger partial charge in [0.2, 0.25) is 0 Å². The smallest absolute Gasteiger partial charge is 0.0106 e. The van der Waals surface area contributed by atoms with Crippen molar-refractivity contribution in [3.05, 3.63) is 0 Å². The molecule has 0 aromatic heterocycles. The highest BCUT2D eigenvalue weighted by atomic mass is 14.5. The highest BCUT2D eigenvalue weighted by Crippen LogP contribution is 2.00. The van der Waals surface area contributed by atoms with E-state index in [1.807, 2.05) is 6.92 Å². The lowest BCUT2D eigenvalue weighted by atomic mass is 10.2. The maximum atomic E-state index is 4.85. The average Bonchev–Trinajstić information content (AvgIpc) is 1.91. The Morgan fingerprint density at radius 2 is 1.10 bits per heavy atom. The quantitative estimate of drug-likeness (QED) is 0.605. The summed E-state index contributed by atoms with van der Waals surface area (Å²) in [6, 6.07) is 0. The Morgan fingerprint density at radius 1 is 0.800 bits per heavy atom. The standard InChI is InChI=1S/C7H16.C2H7N/c1-3-5-7-6-4-2;1-2-3/h3-7H2,1-2H3;2-3H2,1H3. The van der Waals surface area contributed by atoms with Crippen LogP contribution in [0.5, 0.6) is 0 Å². The normalized spacial score (nSPS) is 8.40. The molecule has 0 rings (SSSR count). The number of hydrogen-bond donors (Lipinski definition) is 1. The fraction of sp³-hybridized carbons (Fsp3) is 1.00. The molecule has 0 spiro atoms. The van der Waals surface area contributed by atoms with Gasteiger partial charge < -0.3 is 5.73 Å². The SMILES string of the molecule is CCCCCCC.CCN. The predicted octanol–water partition coefficient (Wildman–Crippen LogP) is 2.94. The van der Waals surface area contributed by atoms with Gasteiger partial charge in [-0.05, 0) is 6.54 Å². The van der Waals surface area contributed by atoms with Crippen molar-refractivity contribution in [3.63, 3.8) is 0 Å². The largest absolute Gasteiger partial charge is 0.331 e. The molecule has 0 atom stereocenters. The Labute approximate surface area is 66.0 Å². The van der Waals surface area contributed by atoms with Crippen molar-refractivity contribution in [1.29, 1.82) is 0 Å². The first kappa shape index (κ1) is 12.6. The van der Waals surface area contributed by atoms with Crippen LogP contribution >= 0.6 is 0 Å². The van der Waals surface area contributed by atoms with Gasteiger partial charge in [0, 0.05) is 0 Å². The third-order valence-electron chi connectivity index (χ3n) is 1.21. The molecule has 0 bridgehead atoms. The minimum Gasteiger partial charge on any atom is -0.331 e. The number of rotatable bonds is 4. The fourth-order valence-electron chi connectivity index (χ4n) is 0.677. The first-order chi connectivity index (χ1) is 4.83. The summed E-state index contributed by atoms with van der Waals surface area (Å²) < 4.78 is 0. The Bertz CT molecular complexity index is 31.7. The Balaban J connectivity index is 0. The lowest BCUT2D eigenvalue weighted by Crippen LogP contribution is -1.87. The molecule has 0 aromatic carbocycles. The van der Waals surface area contributed by atoms with Crippen LogP contribution in [0.15, 0.2) is 0 Å². The average molecular weight is 145 g/mol. The van der Waals surface area contributed by atoms with Gasteiger partial charge in [0.25, 0.3) is 0 Å². The van der Waals surface area contributed by atoms with Gasteiger partial charge in [-0.25, -0.2) is 0 Å². The van der Waals surface area contributed by atoms with E-state index in [4.69, 9.17) is 5.73 Å². The van der Waals surface area contributed by atoms with E-state index < -0.39 is 0 Å². The third kappa shape index (κ3) is 24.6. The predicted molar refractivity (Wildman–Crippen MR) is 49.2 cm³/mol. The van der Waals surface area contributed by atoms with Crippen molar-refractivity contribution in [3.8, 4) is 0 Å². The molecule has 1 heteroatoms. The van der Waals surface area contributed by atoms with Crippen LogP contribution in [0, 0.1) is 0 Å². The van der Waals surface area contributed by atoms with Gasteiger partial charge in [0.1, 0.15) is 0 Å². The molecule has 0 heterocycles. The summed E-state index contributed by atoms with van der Waals surface area (Å²) >= 11 is 0. The van der Waals surface area contributed by atoms with Crippen LogP contribution in [0.1, 0.15) is 52.9 Å². The van der Waals surface area contributed by atoms with Gasteiger partial charge in [0.05, 0.1) is 0 Å². The first-order valence-electron chi connectivity index (χ1n) is 4.53. The van der Waals surface area contributed by atoms with E-state index in [1.165, 1.54) is 32.1 Å². The monoisotopic (exact) mass is 145 g/mol. The second kappa shape index (κ2) is 16.0. The molecule has 0 amide bonds. The van der Waals surface area contributed by atoms with Gasteiger partial charge >= 0.3 is 0 Å². The summed E-state index contributed by atoms with van der Waals surface area (Å²) in [4.78, 5) is 0. The number of hydrogen-bond acceptors (Lipinski definition) is 1. The summed E-state index contributed by atoms with van der Waals surface area (Å²) in [5.41, 5.74) is 4.85. The Hall–Kier alpha value is -0.0400. The maximum absolute atomic E-state index is 4.85. The van der Waals surface area contributed by atoms with Gasteiger partial charge in [0.15, 0.2) is 0 Å². The first-order valence-corrected chi connectivity index (χ1v) is 4.53. The van der Waals surface area contributed by atoms with Crippen LogP contribution in [0.4, 0.5) is 0 Å². The molecule has 0 fully saturated rings. The van der Waals surface area contributed by atoms with Crippen molar-refractivity contribution >= 4 is 0 Å². The number of unbranched alkanes of at least 4 members (excludes halogenated alkanes) is 4. The van der Waals surface area contributed by atoms with E-state index in [2.05, 4.69) is 13.8 Å². The van der Waals surface area contributed by atoms with Crippen molar-refractivity contribution in [2.75, 3.05) is 6.54 Å². The minimum absolute atomic E-state index is 0.750. The molecule has 0 aromatic rings. The number of nitrogens with two attached hydrogens (primary N) is 1. The van der Waals surface area contributed by atoms with Gasteiger partial charge in [-0.15, -0.1) is 0 Å². The zero-order valence-electron chi connectivity index (χ0n) is 7.82. The van der Waals surface area contributed by atoms with Crippen molar-refractivity contribution in [2.45, 2.75) is 52.9 Å². The van der Waals surface area contributed by atoms with Crippen molar-refractivity contribution < 1.29 is 0 Å². The highest BCUT2D eigenvalue weighted by Gasteiger charge is 1.80. The third-order valence-corrected chi connectivity index (χ3v) is 1.21. The summed E-state index contributed by atoms with van der Waals surface area (Å²) in [7, 11) is 0. The molecule has 0 aliphatic rings. The Morgan fingerprint density at radius 3 is 1.30 bits per heavy atom. The van der Waals surface area contributed by atoms with Crippen molar-refractivity contribution in [1.82, 2.24) is 0 Å². The van der Waals surface area contributed by atoms with Crippen LogP contribution < -0.4 is 5.73 Å². The molecule has 0 saturated carbocycles. The zero-order valence-corrected chi connectivity index (χ0v) is 7.82. The van der Waals surface area contributed by atoms with E-state index in [0.717, 1.165) is 6.54 Å². The summed E-state index contributed by atoms with van der Waals surface area (Å²) in [6.45, 7) is 7.14. The highest BCUT2D eigenvalue weighted by molar-refractivity contribution is 4.35. The van der Waals surface area contributed by atoms with Crippen LogP contribution in [-0.4, -0.2) is 6.54 Å². The van der Waals surface area contributed by atoms with E-state index in [-0.39, 0.29) is 0 Å². The lowest BCUT2D eigenvalue weighted by Gasteiger charge is -1.90. The van der Waals surface area contributed by atoms with E-state index >= 15 is 0 Å². The van der Waals surface area contributed by atoms with Crippen LogP contribution in [-0.2, 0) is 0 Å². The summed E-state index contributed by atoms with van der Waals surface area (Å²) in [6.07, 6.45) is 7.01. The second-order valence-corrected chi connectivity index (χ2v) is 2.47. The molecule has 0 unspecified atom stereocenters. The molecule has 64 valence electrons. The second-order valence-electron chi connectivity index (χ2n) is 2.47. The molecule has 0 aliphatic heterocycles. The van der Waals surface area contributed by atoms with Gasteiger partial charge in [-0.1, -0.05) is 52.9 Å².